The second kappa shape index (κ2) is 33.9. The highest BCUT2D eigenvalue weighted by atomic mass is 16.6. The van der Waals surface area contributed by atoms with Gasteiger partial charge in [-0.1, -0.05) is 194 Å². The van der Waals surface area contributed by atoms with Gasteiger partial charge in [0.1, 0.15) is 23.1 Å². The number of aryl methyl sites for hydroxylation is 1. The monoisotopic (exact) mass is 844 g/mol. The molecule has 8 heteroatoms. The van der Waals surface area contributed by atoms with Gasteiger partial charge in [0, 0.05) is 11.6 Å². The van der Waals surface area contributed by atoms with Gasteiger partial charge in [0.2, 0.25) is 0 Å². The zero-order valence-corrected chi connectivity index (χ0v) is 39.2. The molecule has 1 heterocycles. The molecule has 61 heavy (non-hydrogen) atoms. The van der Waals surface area contributed by atoms with Gasteiger partial charge in [-0.2, -0.15) is 0 Å². The van der Waals surface area contributed by atoms with Gasteiger partial charge in [-0.05, 0) is 62.1 Å². The van der Waals surface area contributed by atoms with Crippen LogP contribution in [0, 0.1) is 12.8 Å². The summed E-state index contributed by atoms with van der Waals surface area (Å²) < 4.78 is 16.9. The molecule has 2 aromatic carbocycles. The molecule has 0 aliphatic heterocycles. The Hall–Kier alpha value is -3.68. The molecule has 0 amide bonds. The van der Waals surface area contributed by atoms with Crippen LogP contribution >= 0.6 is 0 Å². The number of esters is 1. The van der Waals surface area contributed by atoms with Crippen LogP contribution in [-0.2, 0) is 9.53 Å². The number of methoxy groups -OCH3 is 1. The first-order valence-electron chi connectivity index (χ1n) is 24.9. The normalized spacial score (nSPS) is 11.8. The lowest BCUT2D eigenvalue weighted by Gasteiger charge is -2.17. The van der Waals surface area contributed by atoms with E-state index in [9.17, 15) is 9.90 Å². The fourth-order valence-electron chi connectivity index (χ4n) is 8.22. The number of nitrogens with zero attached hydrogens (tertiary/aromatic N) is 3. The van der Waals surface area contributed by atoms with Gasteiger partial charge in [-0.25, -0.2) is 19.7 Å². The molecule has 0 aliphatic carbocycles. The zero-order valence-electron chi connectivity index (χ0n) is 39.2. The third kappa shape index (κ3) is 23.9. The number of rotatable bonds is 38. The van der Waals surface area contributed by atoms with E-state index in [1.807, 2.05) is 24.3 Å². The molecule has 0 aliphatic rings. The van der Waals surface area contributed by atoms with E-state index in [0.717, 1.165) is 24.2 Å². The fourth-order valence-corrected chi connectivity index (χ4v) is 8.22. The van der Waals surface area contributed by atoms with Crippen molar-refractivity contribution in [2.75, 3.05) is 20.3 Å². The van der Waals surface area contributed by atoms with E-state index >= 15 is 0 Å². The molecule has 0 bridgehead atoms. The van der Waals surface area contributed by atoms with Crippen LogP contribution in [0.15, 0.2) is 42.5 Å². The average Bonchev–Trinajstić information content (AvgIpc) is 3.27. The Labute approximate surface area is 371 Å². The number of carbonyl (C=O) groups is 1. The summed E-state index contributed by atoms with van der Waals surface area (Å²) in [7, 11) is 1.62. The van der Waals surface area contributed by atoms with E-state index in [1.165, 1.54) is 186 Å². The standard InChI is InChI=1S/C53H85N3O5/c1-5-7-9-11-13-15-17-19-20-21-22-24-26-28-30-32-34-45(33-31-29-27-25-23-18-16-14-12-10-8-6-2)42-61-51(58)43-60-48-39-40-49(50(57)41-48)53-55-44(3)54-52(56-53)46-35-37-47(59-4)38-36-46/h35-41,45,57H,5-34,42-43H2,1-4H3. The van der Waals surface area contributed by atoms with Gasteiger partial charge in [-0.15, -0.1) is 0 Å². The largest absolute Gasteiger partial charge is 0.507 e. The summed E-state index contributed by atoms with van der Waals surface area (Å²) in [6, 6.07) is 12.4. The van der Waals surface area contributed by atoms with Crippen molar-refractivity contribution in [1.29, 1.82) is 0 Å². The highest BCUT2D eigenvalue weighted by molar-refractivity contribution is 5.71. The summed E-state index contributed by atoms with van der Waals surface area (Å²) in [6.45, 7) is 6.59. The minimum atomic E-state index is -0.382. The number of phenols is 1. The number of phenolic OH excluding ortho intramolecular Hbond substituents is 1. The van der Waals surface area contributed by atoms with Crippen molar-refractivity contribution in [3.8, 4) is 40.0 Å². The van der Waals surface area contributed by atoms with Crippen molar-refractivity contribution in [2.45, 2.75) is 213 Å². The Morgan fingerprint density at radius 2 is 0.984 bits per heavy atom. The van der Waals surface area contributed by atoms with Crippen molar-refractivity contribution in [2.24, 2.45) is 5.92 Å². The first-order chi connectivity index (χ1) is 29.9. The maximum absolute atomic E-state index is 12.9. The van der Waals surface area contributed by atoms with Crippen LogP contribution in [0.2, 0.25) is 0 Å². The smallest absolute Gasteiger partial charge is 0.344 e. The van der Waals surface area contributed by atoms with Crippen LogP contribution in [0.4, 0.5) is 0 Å². The number of hydrogen-bond donors (Lipinski definition) is 1. The lowest BCUT2D eigenvalue weighted by atomic mass is 9.94. The molecule has 0 spiro atoms. The Balaban J connectivity index is 1.38. The Morgan fingerprint density at radius 3 is 1.43 bits per heavy atom. The molecule has 342 valence electrons. The molecule has 1 atom stereocenters. The zero-order chi connectivity index (χ0) is 43.6. The molecule has 3 aromatic rings. The summed E-state index contributed by atoms with van der Waals surface area (Å²) in [5, 5.41) is 10.9. The third-order valence-corrected chi connectivity index (χ3v) is 12.1. The molecule has 1 aromatic heterocycles. The molecule has 1 unspecified atom stereocenters. The van der Waals surface area contributed by atoms with Gasteiger partial charge in [0.15, 0.2) is 18.3 Å². The number of unbranched alkanes of at least 4 members (excludes halogenated alkanes) is 26. The van der Waals surface area contributed by atoms with Crippen molar-refractivity contribution >= 4 is 5.97 Å². The van der Waals surface area contributed by atoms with Crippen molar-refractivity contribution in [3.05, 3.63) is 48.3 Å². The molecule has 0 saturated heterocycles. The second-order valence-electron chi connectivity index (χ2n) is 17.5. The van der Waals surface area contributed by atoms with Crippen LogP contribution in [0.25, 0.3) is 22.8 Å². The number of carbonyl (C=O) groups excluding carboxylic acids is 1. The van der Waals surface area contributed by atoms with Crippen LogP contribution in [0.1, 0.15) is 212 Å². The summed E-state index contributed by atoms with van der Waals surface area (Å²) >= 11 is 0. The fraction of sp³-hybridized carbons (Fsp3) is 0.698. The average molecular weight is 844 g/mol. The number of ether oxygens (including phenoxy) is 3. The van der Waals surface area contributed by atoms with Gasteiger partial charge < -0.3 is 19.3 Å². The summed E-state index contributed by atoms with van der Waals surface area (Å²) in [6.07, 6.45) is 40.2. The van der Waals surface area contributed by atoms with E-state index in [2.05, 4.69) is 28.8 Å². The van der Waals surface area contributed by atoms with Crippen molar-refractivity contribution < 1.29 is 24.1 Å². The predicted molar refractivity (Wildman–Crippen MR) is 253 cm³/mol. The molecule has 8 nitrogen and oxygen atoms in total. The highest BCUT2D eigenvalue weighted by Gasteiger charge is 2.16. The van der Waals surface area contributed by atoms with Crippen molar-refractivity contribution in [1.82, 2.24) is 15.0 Å². The minimum absolute atomic E-state index is 0.0431. The molecule has 0 fully saturated rings. The first-order valence-corrected chi connectivity index (χ1v) is 24.9. The Kier molecular flexibility index (Phi) is 28.7. The molecule has 0 saturated carbocycles. The quantitative estimate of drug-likeness (QED) is 0.0449. The maximum Gasteiger partial charge on any atom is 0.344 e. The predicted octanol–water partition coefficient (Wildman–Crippen LogP) is 15.5. The Bertz CT molecular complexity index is 1550. The van der Waals surface area contributed by atoms with Crippen LogP contribution in [-0.4, -0.2) is 46.4 Å². The molecule has 0 radical (unpaired) electrons. The second-order valence-corrected chi connectivity index (χ2v) is 17.5. The van der Waals surface area contributed by atoms with E-state index in [4.69, 9.17) is 14.2 Å². The first kappa shape index (κ1) is 51.7. The van der Waals surface area contributed by atoms with Gasteiger partial charge in [0.05, 0.1) is 19.3 Å². The minimum Gasteiger partial charge on any atom is -0.507 e. The highest BCUT2D eigenvalue weighted by Crippen LogP contribution is 2.32. The third-order valence-electron chi connectivity index (χ3n) is 12.1. The van der Waals surface area contributed by atoms with E-state index in [-0.39, 0.29) is 18.3 Å². The van der Waals surface area contributed by atoms with Crippen LogP contribution in [0.5, 0.6) is 17.2 Å². The summed E-state index contributed by atoms with van der Waals surface area (Å²) in [4.78, 5) is 26.5. The number of aromatic nitrogens is 3. The topological polar surface area (TPSA) is 104 Å². The Morgan fingerprint density at radius 1 is 0.557 bits per heavy atom. The van der Waals surface area contributed by atoms with E-state index < -0.39 is 0 Å². The number of hydrogen-bond acceptors (Lipinski definition) is 8. The summed E-state index contributed by atoms with van der Waals surface area (Å²) in [5.41, 5.74) is 1.26. The van der Waals surface area contributed by atoms with E-state index in [1.54, 1.807) is 26.2 Å². The SMILES string of the molecule is CCCCCCCCCCCCCCCCCCC(CCCCCCCCCCCCCC)COC(=O)COc1ccc(-c2nc(C)nc(-c3ccc(OC)cc3)n2)c(O)c1. The van der Waals surface area contributed by atoms with Gasteiger partial charge >= 0.3 is 5.97 Å². The number of benzene rings is 2. The van der Waals surface area contributed by atoms with Crippen molar-refractivity contribution in [3.63, 3.8) is 0 Å². The summed E-state index contributed by atoms with van der Waals surface area (Å²) in [5.74, 6) is 2.46. The molecule has 3 rings (SSSR count). The molecule has 1 N–H and O–H groups in total. The van der Waals surface area contributed by atoms with Crippen LogP contribution < -0.4 is 9.47 Å². The number of aromatic hydroxyl groups is 1. The lowest BCUT2D eigenvalue weighted by molar-refractivity contribution is -0.147. The maximum atomic E-state index is 12.9. The molecular formula is C53H85N3O5. The molecular weight excluding hydrogens is 759 g/mol. The van der Waals surface area contributed by atoms with Gasteiger partial charge in [-0.3, -0.25) is 0 Å². The lowest BCUT2D eigenvalue weighted by Crippen LogP contribution is -2.19. The van der Waals surface area contributed by atoms with Gasteiger partial charge in [0.25, 0.3) is 0 Å². The van der Waals surface area contributed by atoms with Crippen LogP contribution in [0.3, 0.4) is 0 Å². The van der Waals surface area contributed by atoms with E-state index in [0.29, 0.717) is 41.3 Å².